The lowest BCUT2D eigenvalue weighted by atomic mass is 10.3. The molecule has 0 bridgehead atoms. The van der Waals surface area contributed by atoms with Gasteiger partial charge in [0.15, 0.2) is 12.4 Å². The third-order valence-corrected chi connectivity index (χ3v) is 2.11. The van der Waals surface area contributed by atoms with Crippen molar-refractivity contribution in [2.75, 3.05) is 0 Å². The summed E-state index contributed by atoms with van der Waals surface area (Å²) in [7, 11) is 0. The lowest BCUT2D eigenvalue weighted by molar-refractivity contribution is 0.242. The molecule has 0 fully saturated rings. The van der Waals surface area contributed by atoms with Crippen molar-refractivity contribution in [2.24, 2.45) is 0 Å². The molecule has 0 aliphatic carbocycles. The second-order valence-electron chi connectivity index (χ2n) is 3.10. The summed E-state index contributed by atoms with van der Waals surface area (Å²) in [5.41, 5.74) is 0. The zero-order valence-corrected chi connectivity index (χ0v) is 9.16. The van der Waals surface area contributed by atoms with E-state index < -0.39 is 5.82 Å². The Kier molecular flexibility index (Phi) is 3.05. The second-order valence-corrected chi connectivity index (χ2v) is 3.51. The molecule has 1 aromatic carbocycles. The van der Waals surface area contributed by atoms with Crippen LogP contribution in [0, 0.1) is 12.7 Å². The molecule has 4 nitrogen and oxygen atoms in total. The maximum atomic E-state index is 12.7. The van der Waals surface area contributed by atoms with Crippen LogP contribution in [0.2, 0.25) is 5.02 Å². The minimum atomic E-state index is -0.411. The summed E-state index contributed by atoms with van der Waals surface area (Å²) in [6, 6.07) is 3.89. The summed E-state index contributed by atoms with van der Waals surface area (Å²) in [6.45, 7) is 1.81. The lowest BCUT2D eigenvalue weighted by Crippen LogP contribution is -1.96. The van der Waals surface area contributed by atoms with E-state index in [9.17, 15) is 4.39 Å². The van der Waals surface area contributed by atoms with E-state index in [4.69, 9.17) is 20.9 Å². The number of benzene rings is 1. The quantitative estimate of drug-likeness (QED) is 0.830. The second kappa shape index (κ2) is 4.49. The van der Waals surface area contributed by atoms with E-state index in [1.807, 2.05) is 0 Å². The Bertz CT molecular complexity index is 501. The average Bonchev–Trinajstić information content (AvgIpc) is 2.63. The highest BCUT2D eigenvalue weighted by Gasteiger charge is 2.06. The number of rotatable bonds is 3. The van der Waals surface area contributed by atoms with E-state index in [2.05, 4.69) is 10.1 Å². The van der Waals surface area contributed by atoms with Gasteiger partial charge in [-0.25, -0.2) is 4.39 Å². The Morgan fingerprint density at radius 2 is 2.31 bits per heavy atom. The van der Waals surface area contributed by atoms with Crippen LogP contribution in [-0.2, 0) is 6.61 Å². The van der Waals surface area contributed by atoms with Crippen LogP contribution < -0.4 is 4.74 Å². The van der Waals surface area contributed by atoms with Gasteiger partial charge in [0.1, 0.15) is 11.6 Å². The molecular formula is C10H8ClFN2O2. The highest BCUT2D eigenvalue weighted by atomic mass is 35.5. The van der Waals surface area contributed by atoms with Gasteiger partial charge in [0.25, 0.3) is 5.89 Å². The Morgan fingerprint density at radius 1 is 1.50 bits per heavy atom. The van der Waals surface area contributed by atoms with Crippen LogP contribution in [0.5, 0.6) is 5.75 Å². The number of halogens is 2. The standard InChI is InChI=1S/C10H8ClFN2O2/c1-6-13-10(16-14-6)5-15-9-3-2-7(12)4-8(9)11/h2-4H,5H2,1H3. The SMILES string of the molecule is Cc1noc(COc2ccc(F)cc2Cl)n1. The number of aromatic nitrogens is 2. The first kappa shape index (κ1) is 10.9. The molecule has 6 heteroatoms. The molecule has 0 aliphatic rings. The van der Waals surface area contributed by atoms with Gasteiger partial charge in [0.2, 0.25) is 0 Å². The van der Waals surface area contributed by atoms with Crippen molar-refractivity contribution in [3.05, 3.63) is 40.8 Å². The maximum Gasteiger partial charge on any atom is 0.264 e. The van der Waals surface area contributed by atoms with E-state index >= 15 is 0 Å². The van der Waals surface area contributed by atoms with Crippen molar-refractivity contribution in [3.8, 4) is 5.75 Å². The first-order valence-corrected chi connectivity index (χ1v) is 4.90. The van der Waals surface area contributed by atoms with Gasteiger partial charge >= 0.3 is 0 Å². The van der Waals surface area contributed by atoms with E-state index in [1.54, 1.807) is 6.92 Å². The van der Waals surface area contributed by atoms with Crippen LogP contribution in [0.3, 0.4) is 0 Å². The van der Waals surface area contributed by atoms with Gasteiger partial charge in [-0.1, -0.05) is 16.8 Å². The third kappa shape index (κ3) is 2.49. The summed E-state index contributed by atoms with van der Waals surface area (Å²) < 4.78 is 22.9. The van der Waals surface area contributed by atoms with Crippen LogP contribution in [-0.4, -0.2) is 10.1 Å². The van der Waals surface area contributed by atoms with Gasteiger partial charge in [-0.15, -0.1) is 0 Å². The molecule has 0 atom stereocenters. The monoisotopic (exact) mass is 242 g/mol. The fraction of sp³-hybridized carbons (Fsp3) is 0.200. The molecule has 0 amide bonds. The van der Waals surface area contributed by atoms with Gasteiger partial charge in [-0.3, -0.25) is 0 Å². The summed E-state index contributed by atoms with van der Waals surface area (Å²) in [6.07, 6.45) is 0. The average molecular weight is 243 g/mol. The molecule has 2 rings (SSSR count). The van der Waals surface area contributed by atoms with Gasteiger partial charge in [0.05, 0.1) is 5.02 Å². The topological polar surface area (TPSA) is 48.2 Å². The summed E-state index contributed by atoms with van der Waals surface area (Å²) in [5.74, 6) is 0.839. The number of hydrogen-bond acceptors (Lipinski definition) is 4. The Morgan fingerprint density at radius 3 is 2.94 bits per heavy atom. The minimum Gasteiger partial charge on any atom is -0.482 e. The van der Waals surface area contributed by atoms with Crippen molar-refractivity contribution in [3.63, 3.8) is 0 Å². The zero-order valence-electron chi connectivity index (χ0n) is 8.41. The molecule has 2 aromatic rings. The van der Waals surface area contributed by atoms with Gasteiger partial charge in [-0.05, 0) is 25.1 Å². The molecule has 0 radical (unpaired) electrons. The molecule has 16 heavy (non-hydrogen) atoms. The van der Waals surface area contributed by atoms with Crippen molar-refractivity contribution in [1.82, 2.24) is 10.1 Å². The maximum absolute atomic E-state index is 12.7. The number of ether oxygens (including phenoxy) is 1. The Labute approximate surface area is 96.0 Å². The van der Waals surface area contributed by atoms with Gasteiger partial charge < -0.3 is 9.26 Å². The van der Waals surface area contributed by atoms with Crippen molar-refractivity contribution in [1.29, 1.82) is 0 Å². The highest BCUT2D eigenvalue weighted by molar-refractivity contribution is 6.32. The molecule has 0 saturated heterocycles. The Hall–Kier alpha value is -1.62. The molecular weight excluding hydrogens is 235 g/mol. The fourth-order valence-corrected chi connectivity index (χ4v) is 1.35. The van der Waals surface area contributed by atoms with E-state index in [1.165, 1.54) is 18.2 Å². The molecule has 0 unspecified atom stereocenters. The summed E-state index contributed by atoms with van der Waals surface area (Å²) >= 11 is 5.77. The lowest BCUT2D eigenvalue weighted by Gasteiger charge is -2.04. The fourth-order valence-electron chi connectivity index (χ4n) is 1.13. The normalized spacial score (nSPS) is 10.4. The molecule has 0 aliphatic heterocycles. The van der Waals surface area contributed by atoms with Crippen LogP contribution in [0.25, 0.3) is 0 Å². The summed E-state index contributed by atoms with van der Waals surface area (Å²) in [4.78, 5) is 3.95. The predicted molar refractivity (Wildman–Crippen MR) is 54.8 cm³/mol. The molecule has 1 heterocycles. The number of nitrogens with zero attached hydrogens (tertiary/aromatic N) is 2. The minimum absolute atomic E-state index is 0.103. The largest absolute Gasteiger partial charge is 0.482 e. The van der Waals surface area contributed by atoms with Crippen LogP contribution >= 0.6 is 11.6 Å². The van der Waals surface area contributed by atoms with Crippen LogP contribution in [0.1, 0.15) is 11.7 Å². The van der Waals surface area contributed by atoms with E-state index in [0.717, 1.165) is 0 Å². The predicted octanol–water partition coefficient (Wildman–Crippen LogP) is 2.75. The zero-order chi connectivity index (χ0) is 11.5. The van der Waals surface area contributed by atoms with E-state index in [0.29, 0.717) is 17.5 Å². The van der Waals surface area contributed by atoms with Crippen LogP contribution in [0.4, 0.5) is 4.39 Å². The highest BCUT2D eigenvalue weighted by Crippen LogP contribution is 2.25. The van der Waals surface area contributed by atoms with E-state index in [-0.39, 0.29) is 11.6 Å². The summed E-state index contributed by atoms with van der Waals surface area (Å²) in [5, 5.41) is 3.81. The molecule has 0 saturated carbocycles. The van der Waals surface area contributed by atoms with Crippen molar-refractivity contribution in [2.45, 2.75) is 13.5 Å². The molecule has 0 spiro atoms. The first-order valence-electron chi connectivity index (χ1n) is 4.52. The van der Waals surface area contributed by atoms with Crippen molar-refractivity contribution >= 4 is 11.6 Å². The smallest absolute Gasteiger partial charge is 0.264 e. The van der Waals surface area contributed by atoms with Gasteiger partial charge in [-0.2, -0.15) is 4.98 Å². The van der Waals surface area contributed by atoms with Gasteiger partial charge in [0, 0.05) is 0 Å². The van der Waals surface area contributed by atoms with Crippen LogP contribution in [0.15, 0.2) is 22.7 Å². The number of aryl methyl sites for hydroxylation is 1. The first-order chi connectivity index (χ1) is 7.65. The molecule has 0 N–H and O–H groups in total. The molecule has 1 aromatic heterocycles. The third-order valence-electron chi connectivity index (χ3n) is 1.81. The molecule has 84 valence electrons. The Balaban J connectivity index is 2.04. The van der Waals surface area contributed by atoms with Crippen molar-refractivity contribution < 1.29 is 13.7 Å². The number of hydrogen-bond donors (Lipinski definition) is 0.